The van der Waals surface area contributed by atoms with E-state index in [4.69, 9.17) is 0 Å². The highest BCUT2D eigenvalue weighted by molar-refractivity contribution is 5.79. The summed E-state index contributed by atoms with van der Waals surface area (Å²) in [5.41, 5.74) is 0.0353. The molecule has 3 heteroatoms. The van der Waals surface area contributed by atoms with Crippen molar-refractivity contribution in [1.82, 2.24) is 9.55 Å². The van der Waals surface area contributed by atoms with E-state index in [2.05, 4.69) is 4.98 Å². The van der Waals surface area contributed by atoms with Crippen LogP contribution >= 0.6 is 0 Å². The Bertz CT molecular complexity index is 487. The molecule has 0 fully saturated rings. The zero-order valence-corrected chi connectivity index (χ0v) is 7.40. The summed E-state index contributed by atoms with van der Waals surface area (Å²) >= 11 is 0. The maximum absolute atomic E-state index is 11.7. The highest BCUT2D eigenvalue weighted by atomic mass is 16.1. The molecule has 0 unspecified atom stereocenters. The SMILES string of the molecule is CCn1ccc2ccncc2c1=O. The quantitative estimate of drug-likeness (QED) is 0.655. The number of aryl methyl sites for hydroxylation is 1. The Morgan fingerprint density at radius 2 is 2.31 bits per heavy atom. The molecule has 13 heavy (non-hydrogen) atoms. The Balaban J connectivity index is 2.87. The zero-order valence-electron chi connectivity index (χ0n) is 7.40. The smallest absolute Gasteiger partial charge is 0.259 e. The summed E-state index contributed by atoms with van der Waals surface area (Å²) in [5.74, 6) is 0. The molecule has 0 saturated carbocycles. The first-order valence-electron chi connectivity index (χ1n) is 4.26. The van der Waals surface area contributed by atoms with Crippen molar-refractivity contribution in [1.29, 1.82) is 0 Å². The average Bonchev–Trinajstić information content (AvgIpc) is 2.19. The van der Waals surface area contributed by atoms with Gasteiger partial charge in [0, 0.05) is 25.1 Å². The van der Waals surface area contributed by atoms with Crippen LogP contribution in [0.3, 0.4) is 0 Å². The van der Waals surface area contributed by atoms with Crippen molar-refractivity contribution in [2.75, 3.05) is 0 Å². The Labute approximate surface area is 75.7 Å². The van der Waals surface area contributed by atoms with E-state index in [9.17, 15) is 4.79 Å². The van der Waals surface area contributed by atoms with Crippen LogP contribution in [-0.4, -0.2) is 9.55 Å². The molecule has 0 atom stereocenters. The summed E-state index contributed by atoms with van der Waals surface area (Å²) in [6.45, 7) is 2.65. The van der Waals surface area contributed by atoms with Crippen molar-refractivity contribution in [2.24, 2.45) is 0 Å². The number of nitrogens with zero attached hydrogens (tertiary/aromatic N) is 2. The monoisotopic (exact) mass is 174 g/mol. The van der Waals surface area contributed by atoms with Gasteiger partial charge in [-0.05, 0) is 24.4 Å². The van der Waals surface area contributed by atoms with Crippen LogP contribution in [-0.2, 0) is 6.54 Å². The van der Waals surface area contributed by atoms with E-state index >= 15 is 0 Å². The summed E-state index contributed by atoms with van der Waals surface area (Å²) in [6.07, 6.45) is 5.12. The van der Waals surface area contributed by atoms with E-state index in [1.807, 2.05) is 25.3 Å². The molecule has 0 aromatic carbocycles. The first-order valence-corrected chi connectivity index (χ1v) is 4.26. The van der Waals surface area contributed by atoms with Gasteiger partial charge in [-0.1, -0.05) is 0 Å². The van der Waals surface area contributed by atoms with Crippen molar-refractivity contribution in [3.8, 4) is 0 Å². The lowest BCUT2D eigenvalue weighted by Gasteiger charge is -2.02. The first-order chi connectivity index (χ1) is 6.33. The molecule has 0 spiro atoms. The van der Waals surface area contributed by atoms with E-state index in [0.717, 1.165) is 5.39 Å². The molecule has 0 radical (unpaired) electrons. The lowest BCUT2D eigenvalue weighted by Crippen LogP contribution is -2.18. The second kappa shape index (κ2) is 3.01. The van der Waals surface area contributed by atoms with E-state index in [1.54, 1.807) is 17.0 Å². The molecular weight excluding hydrogens is 164 g/mol. The molecule has 3 nitrogen and oxygen atoms in total. The van der Waals surface area contributed by atoms with Crippen molar-refractivity contribution in [3.63, 3.8) is 0 Å². The molecule has 0 bridgehead atoms. The van der Waals surface area contributed by atoms with Gasteiger partial charge in [-0.25, -0.2) is 0 Å². The van der Waals surface area contributed by atoms with Crippen LogP contribution in [0.1, 0.15) is 6.92 Å². The number of rotatable bonds is 1. The van der Waals surface area contributed by atoms with Gasteiger partial charge >= 0.3 is 0 Å². The lowest BCUT2D eigenvalue weighted by atomic mass is 10.2. The number of hydrogen-bond acceptors (Lipinski definition) is 2. The fraction of sp³-hybridized carbons (Fsp3) is 0.200. The van der Waals surface area contributed by atoms with Crippen LogP contribution < -0.4 is 5.56 Å². The van der Waals surface area contributed by atoms with Crippen molar-refractivity contribution in [2.45, 2.75) is 13.5 Å². The summed E-state index contributed by atoms with van der Waals surface area (Å²) in [5, 5.41) is 1.64. The third kappa shape index (κ3) is 1.22. The van der Waals surface area contributed by atoms with Crippen molar-refractivity contribution in [3.05, 3.63) is 41.1 Å². The van der Waals surface area contributed by atoms with Crippen LogP contribution in [0.15, 0.2) is 35.5 Å². The van der Waals surface area contributed by atoms with Crippen LogP contribution in [0.2, 0.25) is 0 Å². The standard InChI is InChI=1S/C10H10N2O/c1-2-12-6-4-8-3-5-11-7-9(8)10(12)13/h3-7H,2H2,1H3. The van der Waals surface area contributed by atoms with Gasteiger partial charge < -0.3 is 4.57 Å². The molecule has 2 rings (SSSR count). The highest BCUT2D eigenvalue weighted by Crippen LogP contribution is 2.05. The Kier molecular flexibility index (Phi) is 1.85. The van der Waals surface area contributed by atoms with E-state index in [0.29, 0.717) is 11.9 Å². The molecule has 0 aliphatic rings. The molecule has 0 aliphatic carbocycles. The van der Waals surface area contributed by atoms with Gasteiger partial charge in [-0.3, -0.25) is 9.78 Å². The van der Waals surface area contributed by atoms with Crippen LogP contribution in [0, 0.1) is 0 Å². The maximum atomic E-state index is 11.7. The summed E-state index contributed by atoms with van der Waals surface area (Å²) < 4.78 is 1.67. The van der Waals surface area contributed by atoms with E-state index < -0.39 is 0 Å². The first kappa shape index (κ1) is 7.98. The molecule has 2 aromatic heterocycles. The second-order valence-electron chi connectivity index (χ2n) is 2.87. The summed E-state index contributed by atoms with van der Waals surface area (Å²) in [4.78, 5) is 15.6. The second-order valence-corrected chi connectivity index (χ2v) is 2.87. The van der Waals surface area contributed by atoms with Gasteiger partial charge in [0.25, 0.3) is 5.56 Å². The molecule has 2 aromatic rings. The molecule has 66 valence electrons. The van der Waals surface area contributed by atoms with E-state index in [1.165, 1.54) is 0 Å². The Morgan fingerprint density at radius 3 is 3.08 bits per heavy atom. The largest absolute Gasteiger partial charge is 0.315 e. The minimum atomic E-state index is 0.0353. The Hall–Kier alpha value is -1.64. The van der Waals surface area contributed by atoms with Gasteiger partial charge in [-0.15, -0.1) is 0 Å². The maximum Gasteiger partial charge on any atom is 0.259 e. The Morgan fingerprint density at radius 1 is 1.46 bits per heavy atom. The molecule has 2 heterocycles. The van der Waals surface area contributed by atoms with Gasteiger partial charge in [0.15, 0.2) is 0 Å². The molecular formula is C10H10N2O. The molecule has 0 amide bonds. The van der Waals surface area contributed by atoms with Crippen LogP contribution in [0.25, 0.3) is 10.8 Å². The summed E-state index contributed by atoms with van der Waals surface area (Å²) in [7, 11) is 0. The van der Waals surface area contributed by atoms with Gasteiger partial charge in [0.2, 0.25) is 0 Å². The van der Waals surface area contributed by atoms with Crippen LogP contribution in [0.4, 0.5) is 0 Å². The van der Waals surface area contributed by atoms with E-state index in [-0.39, 0.29) is 5.56 Å². The number of aromatic nitrogens is 2. The predicted octanol–water partition coefficient (Wildman–Crippen LogP) is 1.42. The minimum Gasteiger partial charge on any atom is -0.315 e. The van der Waals surface area contributed by atoms with Gasteiger partial charge in [0.05, 0.1) is 5.39 Å². The van der Waals surface area contributed by atoms with Gasteiger partial charge in [0.1, 0.15) is 0 Å². The molecule has 0 aliphatic heterocycles. The van der Waals surface area contributed by atoms with Crippen molar-refractivity contribution >= 4 is 10.8 Å². The molecule has 0 N–H and O–H groups in total. The average molecular weight is 174 g/mol. The number of fused-ring (bicyclic) bond motifs is 1. The zero-order chi connectivity index (χ0) is 9.26. The highest BCUT2D eigenvalue weighted by Gasteiger charge is 1.99. The number of hydrogen-bond donors (Lipinski definition) is 0. The normalized spacial score (nSPS) is 10.5. The fourth-order valence-corrected chi connectivity index (χ4v) is 1.37. The minimum absolute atomic E-state index is 0.0353. The topological polar surface area (TPSA) is 34.9 Å². The third-order valence-corrected chi connectivity index (χ3v) is 2.12. The lowest BCUT2D eigenvalue weighted by molar-refractivity contribution is 0.734. The summed E-state index contributed by atoms with van der Waals surface area (Å²) in [6, 6.07) is 3.78. The third-order valence-electron chi connectivity index (χ3n) is 2.12. The van der Waals surface area contributed by atoms with Crippen LogP contribution in [0.5, 0.6) is 0 Å². The number of pyridine rings is 2. The van der Waals surface area contributed by atoms with Gasteiger partial charge in [-0.2, -0.15) is 0 Å². The van der Waals surface area contributed by atoms with Crippen molar-refractivity contribution < 1.29 is 0 Å². The fourth-order valence-electron chi connectivity index (χ4n) is 1.37. The predicted molar refractivity (Wildman–Crippen MR) is 51.7 cm³/mol. The molecule has 0 saturated heterocycles.